The average Bonchev–Trinajstić information content (AvgIpc) is 2.12. The number of aldehydes is 1. The van der Waals surface area contributed by atoms with Crippen molar-refractivity contribution in [3.8, 4) is 0 Å². The first-order chi connectivity index (χ1) is 6.20. The summed E-state index contributed by atoms with van der Waals surface area (Å²) < 4.78 is 4.66. The Morgan fingerprint density at radius 2 is 2.15 bits per heavy atom. The lowest BCUT2D eigenvalue weighted by Crippen LogP contribution is -1.99. The number of carbonyl (C=O) groups is 2. The van der Waals surface area contributed by atoms with Gasteiger partial charge < -0.3 is 4.74 Å². The number of carbonyl (C=O) groups excluding carboxylic acids is 2. The van der Waals surface area contributed by atoms with Gasteiger partial charge in [-0.1, -0.05) is 18.7 Å². The van der Waals surface area contributed by atoms with Gasteiger partial charge in [-0.05, 0) is 18.6 Å². The maximum atomic E-state index is 10.8. The Morgan fingerprint density at radius 1 is 1.46 bits per heavy atom. The molecule has 0 unspecified atom stereocenters. The summed E-state index contributed by atoms with van der Waals surface area (Å²) in [4.78, 5) is 20.8. The molecule has 13 heavy (non-hydrogen) atoms. The Labute approximate surface area is 77.4 Å². The highest BCUT2D eigenvalue weighted by atomic mass is 16.5. The summed E-state index contributed by atoms with van der Waals surface area (Å²) in [6, 6.07) is 0. The van der Waals surface area contributed by atoms with Gasteiger partial charge in [-0.25, -0.2) is 4.79 Å². The molecular formula is C10H12O3. The minimum absolute atomic E-state index is 0.194. The van der Waals surface area contributed by atoms with Crippen LogP contribution in [0.1, 0.15) is 6.92 Å². The third-order valence-electron chi connectivity index (χ3n) is 1.16. The van der Waals surface area contributed by atoms with E-state index in [0.29, 0.717) is 11.9 Å². The highest BCUT2D eigenvalue weighted by Crippen LogP contribution is 1.93. The first kappa shape index (κ1) is 11.4. The van der Waals surface area contributed by atoms with Crippen LogP contribution in [0.4, 0.5) is 0 Å². The molecule has 0 saturated heterocycles. The molecule has 0 fully saturated rings. The fourth-order valence-corrected chi connectivity index (χ4v) is 0.552. The van der Waals surface area contributed by atoms with Gasteiger partial charge in [0.25, 0.3) is 0 Å². The SMILES string of the molecule is C=CCOC(=O)/C=C/C(C)=C/C=O. The number of rotatable bonds is 5. The van der Waals surface area contributed by atoms with Gasteiger partial charge in [0.2, 0.25) is 0 Å². The van der Waals surface area contributed by atoms with E-state index in [2.05, 4.69) is 11.3 Å². The van der Waals surface area contributed by atoms with E-state index < -0.39 is 5.97 Å². The smallest absolute Gasteiger partial charge is 0.331 e. The highest BCUT2D eigenvalue weighted by molar-refractivity contribution is 5.82. The molecular weight excluding hydrogens is 168 g/mol. The molecule has 0 aliphatic rings. The van der Waals surface area contributed by atoms with Crippen LogP contribution >= 0.6 is 0 Å². The minimum Gasteiger partial charge on any atom is -0.458 e. The van der Waals surface area contributed by atoms with Crippen LogP contribution in [-0.2, 0) is 14.3 Å². The van der Waals surface area contributed by atoms with Gasteiger partial charge in [0, 0.05) is 6.08 Å². The highest BCUT2D eigenvalue weighted by Gasteiger charge is 1.92. The lowest BCUT2D eigenvalue weighted by atomic mass is 10.2. The normalized spacial score (nSPS) is 11.3. The van der Waals surface area contributed by atoms with Crippen LogP contribution in [0.15, 0.2) is 36.5 Å². The van der Waals surface area contributed by atoms with Crippen molar-refractivity contribution in [2.45, 2.75) is 6.92 Å². The number of esters is 1. The summed E-state index contributed by atoms with van der Waals surface area (Å²) in [5.74, 6) is -0.446. The van der Waals surface area contributed by atoms with Crippen LogP contribution in [0.5, 0.6) is 0 Å². The van der Waals surface area contributed by atoms with Gasteiger partial charge in [0.1, 0.15) is 12.9 Å². The topological polar surface area (TPSA) is 43.4 Å². The molecule has 70 valence electrons. The molecule has 0 aromatic heterocycles. The quantitative estimate of drug-likeness (QED) is 0.211. The monoisotopic (exact) mass is 180 g/mol. The van der Waals surface area contributed by atoms with E-state index in [1.165, 1.54) is 24.3 Å². The van der Waals surface area contributed by atoms with Crippen LogP contribution < -0.4 is 0 Å². The number of ether oxygens (including phenoxy) is 1. The number of hydrogen-bond donors (Lipinski definition) is 0. The summed E-state index contributed by atoms with van der Waals surface area (Å²) in [5, 5.41) is 0. The van der Waals surface area contributed by atoms with Gasteiger partial charge in [0.15, 0.2) is 0 Å². The predicted molar refractivity (Wildman–Crippen MR) is 50.1 cm³/mol. The third kappa shape index (κ3) is 6.75. The van der Waals surface area contributed by atoms with Crippen molar-refractivity contribution >= 4 is 12.3 Å². The molecule has 0 N–H and O–H groups in total. The number of allylic oxidation sites excluding steroid dienone is 3. The van der Waals surface area contributed by atoms with Crippen LogP contribution in [0.25, 0.3) is 0 Å². The Kier molecular flexibility index (Phi) is 6.15. The fraction of sp³-hybridized carbons (Fsp3) is 0.200. The van der Waals surface area contributed by atoms with E-state index in [1.54, 1.807) is 6.92 Å². The Morgan fingerprint density at radius 3 is 2.69 bits per heavy atom. The molecule has 0 aliphatic heterocycles. The molecule has 0 heterocycles. The molecule has 0 saturated carbocycles. The summed E-state index contributed by atoms with van der Waals surface area (Å²) in [6.45, 7) is 5.31. The largest absolute Gasteiger partial charge is 0.458 e. The van der Waals surface area contributed by atoms with E-state index in [9.17, 15) is 9.59 Å². The van der Waals surface area contributed by atoms with E-state index in [4.69, 9.17) is 0 Å². The second-order valence-electron chi connectivity index (χ2n) is 2.30. The van der Waals surface area contributed by atoms with Crippen molar-refractivity contribution < 1.29 is 14.3 Å². The van der Waals surface area contributed by atoms with Gasteiger partial charge in [0.05, 0.1) is 0 Å². The lowest BCUT2D eigenvalue weighted by molar-refractivity contribution is -0.136. The zero-order chi connectivity index (χ0) is 10.1. The molecule has 0 aliphatic carbocycles. The van der Waals surface area contributed by atoms with Crippen molar-refractivity contribution in [1.82, 2.24) is 0 Å². The molecule has 0 bridgehead atoms. The van der Waals surface area contributed by atoms with Crippen LogP contribution in [0.2, 0.25) is 0 Å². The van der Waals surface area contributed by atoms with Gasteiger partial charge >= 0.3 is 5.97 Å². The zero-order valence-electron chi connectivity index (χ0n) is 7.53. The van der Waals surface area contributed by atoms with Crippen molar-refractivity contribution in [3.05, 3.63) is 36.5 Å². The summed E-state index contributed by atoms with van der Waals surface area (Å²) in [6.07, 6.45) is 6.28. The van der Waals surface area contributed by atoms with Gasteiger partial charge in [-0.3, -0.25) is 4.79 Å². The molecule has 0 aromatic rings. The second-order valence-corrected chi connectivity index (χ2v) is 2.30. The van der Waals surface area contributed by atoms with E-state index in [0.717, 1.165) is 0 Å². The molecule has 3 nitrogen and oxygen atoms in total. The molecule has 0 rings (SSSR count). The first-order valence-electron chi connectivity index (χ1n) is 3.78. The van der Waals surface area contributed by atoms with Crippen molar-refractivity contribution in [1.29, 1.82) is 0 Å². The van der Waals surface area contributed by atoms with Crippen LogP contribution in [0.3, 0.4) is 0 Å². The average molecular weight is 180 g/mol. The van der Waals surface area contributed by atoms with E-state index >= 15 is 0 Å². The van der Waals surface area contributed by atoms with Crippen molar-refractivity contribution in [2.75, 3.05) is 6.61 Å². The second kappa shape index (κ2) is 7.03. The summed E-state index contributed by atoms with van der Waals surface area (Å²) >= 11 is 0. The first-order valence-corrected chi connectivity index (χ1v) is 3.78. The van der Waals surface area contributed by atoms with E-state index in [1.807, 2.05) is 0 Å². The lowest BCUT2D eigenvalue weighted by Gasteiger charge is -1.94. The third-order valence-corrected chi connectivity index (χ3v) is 1.16. The molecule has 0 atom stereocenters. The fourth-order valence-electron chi connectivity index (χ4n) is 0.552. The zero-order valence-corrected chi connectivity index (χ0v) is 7.53. The maximum absolute atomic E-state index is 10.8. The van der Waals surface area contributed by atoms with E-state index in [-0.39, 0.29) is 6.61 Å². The predicted octanol–water partition coefficient (Wildman–Crippen LogP) is 1.42. The molecule has 0 amide bonds. The maximum Gasteiger partial charge on any atom is 0.331 e. The van der Waals surface area contributed by atoms with Crippen molar-refractivity contribution in [2.24, 2.45) is 0 Å². The standard InChI is InChI=1S/C10H12O3/c1-3-8-13-10(12)5-4-9(2)6-7-11/h3-7H,1,8H2,2H3/b5-4+,9-6+. The Bertz CT molecular complexity index is 249. The summed E-state index contributed by atoms with van der Waals surface area (Å²) in [7, 11) is 0. The van der Waals surface area contributed by atoms with Gasteiger partial charge in [-0.15, -0.1) is 0 Å². The Hall–Kier alpha value is -1.64. The summed E-state index contributed by atoms with van der Waals surface area (Å²) in [5.41, 5.74) is 0.700. The van der Waals surface area contributed by atoms with Crippen LogP contribution in [-0.4, -0.2) is 18.9 Å². The molecule has 0 aromatic carbocycles. The van der Waals surface area contributed by atoms with Crippen molar-refractivity contribution in [3.63, 3.8) is 0 Å². The van der Waals surface area contributed by atoms with Gasteiger partial charge in [-0.2, -0.15) is 0 Å². The molecule has 0 radical (unpaired) electrons. The molecule has 0 spiro atoms. The van der Waals surface area contributed by atoms with Crippen LogP contribution in [0, 0.1) is 0 Å². The number of hydrogen-bond acceptors (Lipinski definition) is 3. The minimum atomic E-state index is -0.446. The Balaban J connectivity index is 3.96. The molecule has 3 heteroatoms.